The normalized spacial score (nSPS) is 18.4. The molecule has 8 heteroatoms. The van der Waals surface area contributed by atoms with Gasteiger partial charge in [-0.3, -0.25) is 0 Å². The maximum atomic E-state index is 12.9. The second-order valence-corrected chi connectivity index (χ2v) is 7.91. The van der Waals surface area contributed by atoms with Crippen molar-refractivity contribution < 1.29 is 8.42 Å². The van der Waals surface area contributed by atoms with E-state index in [1.807, 2.05) is 14.0 Å². The monoisotopic (exact) mass is 376 g/mol. The number of hydrogen-bond acceptors (Lipinski definition) is 5. The standard InChI is InChI=1S/C13H21BrN4O2S/c1-3-15-13-12(9-11(14)10-16-13)21(19,20)18-6-4-5-17(2)7-8-18/h9-10H,3-8H2,1-2H3,(H,15,16). The van der Waals surface area contributed by atoms with Gasteiger partial charge in [0.2, 0.25) is 10.0 Å². The summed E-state index contributed by atoms with van der Waals surface area (Å²) in [6, 6.07) is 1.62. The average molecular weight is 377 g/mol. The quantitative estimate of drug-likeness (QED) is 0.864. The minimum atomic E-state index is -3.53. The molecular weight excluding hydrogens is 356 g/mol. The van der Waals surface area contributed by atoms with Gasteiger partial charge in [0.1, 0.15) is 10.7 Å². The molecule has 0 radical (unpaired) electrons. The molecule has 1 saturated heterocycles. The molecule has 1 aliphatic rings. The summed E-state index contributed by atoms with van der Waals surface area (Å²) in [5.74, 6) is 0.415. The summed E-state index contributed by atoms with van der Waals surface area (Å²) >= 11 is 3.31. The van der Waals surface area contributed by atoms with E-state index in [9.17, 15) is 8.42 Å². The van der Waals surface area contributed by atoms with Gasteiger partial charge in [0, 0.05) is 36.8 Å². The molecule has 6 nitrogen and oxygen atoms in total. The molecular formula is C13H21BrN4O2S. The molecule has 0 bridgehead atoms. The fourth-order valence-corrected chi connectivity index (χ4v) is 4.42. The van der Waals surface area contributed by atoms with E-state index in [0.29, 0.717) is 29.9 Å². The van der Waals surface area contributed by atoms with Crippen molar-refractivity contribution >= 4 is 31.8 Å². The summed E-state index contributed by atoms with van der Waals surface area (Å²) in [5.41, 5.74) is 0. The number of rotatable bonds is 4. The Balaban J connectivity index is 2.36. The largest absolute Gasteiger partial charge is 0.369 e. The smallest absolute Gasteiger partial charge is 0.246 e. The second-order valence-electron chi connectivity index (χ2n) is 5.09. The van der Waals surface area contributed by atoms with Crippen molar-refractivity contribution in [1.82, 2.24) is 14.2 Å². The van der Waals surface area contributed by atoms with E-state index in [2.05, 4.69) is 31.1 Å². The molecule has 0 unspecified atom stereocenters. The lowest BCUT2D eigenvalue weighted by atomic mass is 10.4. The molecule has 1 fully saturated rings. The fourth-order valence-electron chi connectivity index (χ4n) is 2.32. The molecule has 1 aliphatic heterocycles. The Bertz CT molecular complexity index is 594. The number of aromatic nitrogens is 1. The highest BCUT2D eigenvalue weighted by molar-refractivity contribution is 9.10. The molecule has 0 spiro atoms. The maximum Gasteiger partial charge on any atom is 0.246 e. The van der Waals surface area contributed by atoms with Crippen LogP contribution in [0.1, 0.15) is 13.3 Å². The van der Waals surface area contributed by atoms with E-state index in [1.54, 1.807) is 16.6 Å². The maximum absolute atomic E-state index is 12.9. The lowest BCUT2D eigenvalue weighted by Crippen LogP contribution is -2.35. The highest BCUT2D eigenvalue weighted by Crippen LogP contribution is 2.26. The van der Waals surface area contributed by atoms with Gasteiger partial charge in [0.05, 0.1) is 0 Å². The number of anilines is 1. The van der Waals surface area contributed by atoms with Crippen LogP contribution in [-0.4, -0.2) is 62.4 Å². The zero-order valence-corrected chi connectivity index (χ0v) is 14.7. The second kappa shape index (κ2) is 7.04. The van der Waals surface area contributed by atoms with Crippen molar-refractivity contribution in [2.45, 2.75) is 18.2 Å². The van der Waals surface area contributed by atoms with E-state index in [0.717, 1.165) is 19.5 Å². The van der Waals surface area contributed by atoms with Gasteiger partial charge in [0.15, 0.2) is 0 Å². The van der Waals surface area contributed by atoms with Crippen LogP contribution in [0, 0.1) is 0 Å². The first-order chi connectivity index (χ1) is 9.95. The van der Waals surface area contributed by atoms with Crippen LogP contribution < -0.4 is 5.32 Å². The van der Waals surface area contributed by atoms with Crippen LogP contribution in [0.3, 0.4) is 0 Å². The van der Waals surface area contributed by atoms with Crippen LogP contribution in [0.25, 0.3) is 0 Å². The predicted octanol–water partition coefficient (Wildman–Crippen LogP) is 1.60. The Hall–Kier alpha value is -0.700. The highest BCUT2D eigenvalue weighted by atomic mass is 79.9. The molecule has 1 aromatic rings. The number of halogens is 1. The Morgan fingerprint density at radius 2 is 2.10 bits per heavy atom. The summed E-state index contributed by atoms with van der Waals surface area (Å²) in [6.45, 7) is 5.27. The first-order valence-electron chi connectivity index (χ1n) is 7.03. The van der Waals surface area contributed by atoms with Gasteiger partial charge in [-0.1, -0.05) is 0 Å². The van der Waals surface area contributed by atoms with E-state index in [-0.39, 0.29) is 4.90 Å². The molecule has 0 aromatic carbocycles. The van der Waals surface area contributed by atoms with Crippen LogP contribution in [0.2, 0.25) is 0 Å². The summed E-state index contributed by atoms with van der Waals surface area (Å²) in [5, 5.41) is 3.02. The van der Waals surface area contributed by atoms with Crippen molar-refractivity contribution in [3.05, 3.63) is 16.7 Å². The van der Waals surface area contributed by atoms with Crippen LogP contribution in [0.4, 0.5) is 5.82 Å². The topological polar surface area (TPSA) is 65.5 Å². The summed E-state index contributed by atoms with van der Waals surface area (Å²) in [4.78, 5) is 6.59. The molecule has 0 saturated carbocycles. The summed E-state index contributed by atoms with van der Waals surface area (Å²) in [7, 11) is -1.52. The molecule has 1 N–H and O–H groups in total. The van der Waals surface area contributed by atoms with Gasteiger partial charge in [-0.15, -0.1) is 0 Å². The molecule has 1 aromatic heterocycles. The van der Waals surface area contributed by atoms with E-state index < -0.39 is 10.0 Å². The minimum absolute atomic E-state index is 0.239. The Morgan fingerprint density at radius 1 is 1.33 bits per heavy atom. The lowest BCUT2D eigenvalue weighted by molar-refractivity contribution is 0.347. The van der Waals surface area contributed by atoms with Crippen molar-refractivity contribution in [3.63, 3.8) is 0 Å². The van der Waals surface area contributed by atoms with Gasteiger partial charge in [0.25, 0.3) is 0 Å². The van der Waals surface area contributed by atoms with Gasteiger partial charge in [-0.05, 0) is 48.9 Å². The molecule has 0 atom stereocenters. The third-order valence-electron chi connectivity index (χ3n) is 3.46. The van der Waals surface area contributed by atoms with Crippen LogP contribution >= 0.6 is 15.9 Å². The Morgan fingerprint density at radius 3 is 2.81 bits per heavy atom. The zero-order valence-electron chi connectivity index (χ0n) is 12.3. The van der Waals surface area contributed by atoms with Crippen molar-refractivity contribution in [2.75, 3.05) is 45.1 Å². The van der Waals surface area contributed by atoms with Gasteiger partial charge >= 0.3 is 0 Å². The third kappa shape index (κ3) is 3.94. The Labute approximate surface area is 134 Å². The van der Waals surface area contributed by atoms with Crippen molar-refractivity contribution in [2.24, 2.45) is 0 Å². The first kappa shape index (κ1) is 16.7. The van der Waals surface area contributed by atoms with E-state index in [1.165, 1.54) is 0 Å². The number of sulfonamides is 1. The van der Waals surface area contributed by atoms with Crippen molar-refractivity contribution in [3.8, 4) is 0 Å². The molecule has 2 heterocycles. The number of nitrogens with zero attached hydrogens (tertiary/aromatic N) is 3. The van der Waals surface area contributed by atoms with E-state index in [4.69, 9.17) is 0 Å². The van der Waals surface area contributed by atoms with Crippen molar-refractivity contribution in [1.29, 1.82) is 0 Å². The van der Waals surface area contributed by atoms with Gasteiger partial charge in [-0.2, -0.15) is 4.31 Å². The van der Waals surface area contributed by atoms with Crippen LogP contribution in [0.5, 0.6) is 0 Å². The number of pyridine rings is 1. The predicted molar refractivity (Wildman–Crippen MR) is 87.0 cm³/mol. The number of nitrogens with one attached hydrogen (secondary N) is 1. The zero-order chi connectivity index (χ0) is 15.5. The first-order valence-corrected chi connectivity index (χ1v) is 9.26. The molecule has 2 rings (SSSR count). The SMILES string of the molecule is CCNc1ncc(Br)cc1S(=O)(=O)N1CCCN(C)CC1. The van der Waals surface area contributed by atoms with Gasteiger partial charge < -0.3 is 10.2 Å². The molecule has 0 amide bonds. The summed E-state index contributed by atoms with van der Waals surface area (Å²) < 4.78 is 28.0. The number of hydrogen-bond donors (Lipinski definition) is 1. The third-order valence-corrected chi connectivity index (χ3v) is 5.81. The minimum Gasteiger partial charge on any atom is -0.369 e. The van der Waals surface area contributed by atoms with Gasteiger partial charge in [-0.25, -0.2) is 13.4 Å². The average Bonchev–Trinajstić information content (AvgIpc) is 2.66. The number of likely N-dealkylation sites (N-methyl/N-ethyl adjacent to an activating group) is 1. The fraction of sp³-hybridized carbons (Fsp3) is 0.615. The Kier molecular flexibility index (Phi) is 5.59. The van der Waals surface area contributed by atoms with E-state index >= 15 is 0 Å². The highest BCUT2D eigenvalue weighted by Gasteiger charge is 2.29. The lowest BCUT2D eigenvalue weighted by Gasteiger charge is -2.21. The molecule has 21 heavy (non-hydrogen) atoms. The molecule has 0 aliphatic carbocycles. The van der Waals surface area contributed by atoms with Crippen LogP contribution in [-0.2, 0) is 10.0 Å². The summed E-state index contributed by atoms with van der Waals surface area (Å²) in [6.07, 6.45) is 2.45. The van der Waals surface area contributed by atoms with Crippen LogP contribution in [0.15, 0.2) is 21.6 Å². The molecule has 118 valence electrons.